The van der Waals surface area contributed by atoms with Crippen molar-refractivity contribution in [1.29, 1.82) is 0 Å². The molecule has 0 radical (unpaired) electrons. The lowest BCUT2D eigenvalue weighted by atomic mass is 9.71. The van der Waals surface area contributed by atoms with Crippen molar-refractivity contribution in [3.05, 3.63) is 181 Å². The van der Waals surface area contributed by atoms with E-state index in [-0.39, 0.29) is 0 Å². The number of fused-ring (bicyclic) bond motifs is 3. The zero-order valence-corrected chi connectivity index (χ0v) is 69.7. The van der Waals surface area contributed by atoms with Gasteiger partial charge in [-0.2, -0.15) is 0 Å². The Kier molecular flexibility index (Phi) is 37.6. The van der Waals surface area contributed by atoms with Gasteiger partial charge in [0.15, 0.2) is 23.0 Å². The van der Waals surface area contributed by atoms with Crippen molar-refractivity contribution in [3.8, 4) is 19.5 Å². The van der Waals surface area contributed by atoms with Crippen LogP contribution in [0, 0.1) is 67.2 Å². The molecule has 9 rings (SSSR count). The number of aryl methyl sites for hydroxylation is 8. The number of benzene rings is 2. The molecule has 0 aliphatic heterocycles. The molecule has 8 aromatic rings. The predicted molar refractivity (Wildman–Crippen MR) is 446 cm³/mol. The summed E-state index contributed by atoms with van der Waals surface area (Å²) in [6.07, 6.45) is 32.8. The summed E-state index contributed by atoms with van der Waals surface area (Å²) in [5.41, 5.74) is 11.5. The van der Waals surface area contributed by atoms with Crippen molar-refractivity contribution in [2.45, 2.75) is 284 Å². The molecule has 6 aromatic heterocycles. The van der Waals surface area contributed by atoms with Crippen LogP contribution >= 0.6 is 68.0 Å². The number of hydrogen-bond donors (Lipinski definition) is 0. The fourth-order valence-electron chi connectivity index (χ4n) is 13.8. The molecular weight excluding hydrogens is 1330 g/mol. The first-order valence-electron chi connectivity index (χ1n) is 38.6. The highest BCUT2D eigenvalue weighted by Gasteiger charge is 2.45. The summed E-state index contributed by atoms with van der Waals surface area (Å²) in [4.78, 5) is 17.2. The molecule has 1 aliphatic rings. The molecular formula is C89H128O4S6. The van der Waals surface area contributed by atoms with E-state index >= 15 is 0 Å². The number of ether oxygens (including phenoxy) is 4. The summed E-state index contributed by atoms with van der Waals surface area (Å²) >= 11 is 11.6. The van der Waals surface area contributed by atoms with E-state index in [1.54, 1.807) is 64.4 Å². The molecule has 0 spiro atoms. The maximum absolute atomic E-state index is 5.92. The molecule has 0 N–H and O–H groups in total. The van der Waals surface area contributed by atoms with Crippen LogP contribution in [-0.4, -0.2) is 26.4 Å². The zero-order chi connectivity index (χ0) is 71.7. The normalized spacial score (nSPS) is 13.2. The summed E-state index contributed by atoms with van der Waals surface area (Å²) in [5, 5.41) is 0. The van der Waals surface area contributed by atoms with Crippen LogP contribution in [0.3, 0.4) is 0 Å². The van der Waals surface area contributed by atoms with Gasteiger partial charge in [-0.3, -0.25) is 0 Å². The monoisotopic (exact) mass is 1450 g/mol. The predicted octanol–water partition coefficient (Wildman–Crippen LogP) is 30.3. The molecule has 10 heteroatoms. The number of rotatable bonds is 39. The number of thiophene rings is 6. The Morgan fingerprint density at radius 1 is 0.323 bits per heavy atom. The lowest BCUT2D eigenvalue weighted by molar-refractivity contribution is 0.261. The van der Waals surface area contributed by atoms with E-state index in [9.17, 15) is 0 Å². The van der Waals surface area contributed by atoms with Crippen LogP contribution in [0.5, 0.6) is 0 Å². The topological polar surface area (TPSA) is 36.9 Å². The van der Waals surface area contributed by atoms with E-state index in [1.807, 2.05) is 73.0 Å². The first kappa shape index (κ1) is 83.3. The van der Waals surface area contributed by atoms with E-state index in [0.717, 1.165) is 55.8 Å². The quantitative estimate of drug-likeness (QED) is 0.0219. The Hall–Kier alpha value is -4.68. The van der Waals surface area contributed by atoms with Crippen LogP contribution in [0.4, 0.5) is 0 Å². The second-order valence-electron chi connectivity index (χ2n) is 27.6. The maximum atomic E-state index is 5.92. The highest BCUT2D eigenvalue weighted by Crippen LogP contribution is 2.59. The van der Waals surface area contributed by atoms with Gasteiger partial charge in [-0.15, -0.1) is 68.0 Å². The van der Waals surface area contributed by atoms with Crippen molar-refractivity contribution in [2.75, 3.05) is 26.4 Å². The molecule has 0 saturated heterocycles. The van der Waals surface area contributed by atoms with Gasteiger partial charge < -0.3 is 18.9 Å². The van der Waals surface area contributed by atoms with Crippen molar-refractivity contribution in [1.82, 2.24) is 0 Å². The minimum Gasteiger partial charge on any atom is -0.489 e. The minimum atomic E-state index is 0.315. The summed E-state index contributed by atoms with van der Waals surface area (Å²) in [6.45, 7) is 42.0. The molecule has 0 amide bonds. The third-order valence-corrected chi connectivity index (χ3v) is 25.8. The standard InChI is InChI=1S/C27H42S2.C26H42S2.C20H24O2.C16H20O2S2/c1-5-7-9-11-13-15-17-27(18-16-14-12-10-8-6-2)23-19-21(3)28-25(23)26-24(27)20-22(4)29-26;1-7-11-13-21(9-3)17-23-15-19(5)27-25(23)26-24(16-20(6)28-26)18-22(10-4)14-12-8-2;1-5-21-19(17-11-7-15(3)8-12-17)20(22-6-2)18-13-9-16(4)10-14-18;1-5-17-15(13-9-7-11(3)19-13)16(18-6-2)14-10-8-12(4)20-14/h19-20H,5-18H2,1-4H3;15-16,21-22H,7-14,17-18H2,1-6H3;7-14H,5-6H2,1-4H3;7-10H,5-6H2,1-4H3/b;;20-19+;16-15+. The van der Waals surface area contributed by atoms with Crippen molar-refractivity contribution < 1.29 is 18.9 Å². The van der Waals surface area contributed by atoms with Gasteiger partial charge in [-0.05, 0) is 191 Å². The number of unbranched alkanes of at least 4 members (excludes halogenated alkanes) is 12. The Morgan fingerprint density at radius 3 is 0.970 bits per heavy atom. The average molecular weight is 1450 g/mol. The Balaban J connectivity index is 0.000000210. The first-order chi connectivity index (χ1) is 47.9. The largest absolute Gasteiger partial charge is 0.489 e. The van der Waals surface area contributed by atoms with E-state index in [1.165, 1.54) is 194 Å². The van der Waals surface area contributed by atoms with Crippen LogP contribution in [0.25, 0.3) is 42.5 Å². The smallest absolute Gasteiger partial charge is 0.179 e. The van der Waals surface area contributed by atoms with E-state index in [4.69, 9.17) is 18.9 Å². The second-order valence-corrected chi connectivity index (χ2v) is 35.2. The van der Waals surface area contributed by atoms with Crippen LogP contribution in [-0.2, 0) is 37.2 Å². The molecule has 0 fully saturated rings. The van der Waals surface area contributed by atoms with Gasteiger partial charge in [0.1, 0.15) is 0 Å². The fourth-order valence-corrected chi connectivity index (χ4v) is 20.2. The van der Waals surface area contributed by atoms with E-state index < -0.39 is 0 Å². The summed E-state index contributed by atoms with van der Waals surface area (Å²) in [7, 11) is 0. The van der Waals surface area contributed by atoms with Crippen LogP contribution in [0.2, 0.25) is 0 Å². The molecule has 2 unspecified atom stereocenters. The van der Waals surface area contributed by atoms with E-state index in [2.05, 4.69) is 194 Å². The summed E-state index contributed by atoms with van der Waals surface area (Å²) in [5.74, 6) is 4.99. The highest BCUT2D eigenvalue weighted by molar-refractivity contribution is 7.23. The van der Waals surface area contributed by atoms with Gasteiger partial charge in [0.05, 0.1) is 36.2 Å². The maximum Gasteiger partial charge on any atom is 0.179 e. The molecule has 6 heterocycles. The van der Waals surface area contributed by atoms with Gasteiger partial charge >= 0.3 is 0 Å². The third kappa shape index (κ3) is 25.3. The second kappa shape index (κ2) is 44.7. The summed E-state index contributed by atoms with van der Waals surface area (Å²) < 4.78 is 23.6. The van der Waals surface area contributed by atoms with Gasteiger partial charge in [0.25, 0.3) is 0 Å². The molecule has 4 nitrogen and oxygen atoms in total. The van der Waals surface area contributed by atoms with Crippen molar-refractivity contribution in [2.24, 2.45) is 11.8 Å². The van der Waals surface area contributed by atoms with Crippen molar-refractivity contribution >= 4 is 91.1 Å². The van der Waals surface area contributed by atoms with Gasteiger partial charge in [0.2, 0.25) is 0 Å². The minimum absolute atomic E-state index is 0.315. The fraction of sp³-hybridized carbons (Fsp3) is 0.551. The SMILES string of the molecule is CCCCC(CC)Cc1cc(C)sc1-c1sc(C)cc1CC(CC)CCCC.CCCCCCCCC1(CCCCCCCC)c2cc(C)sc2-c2sc(C)cc21.CCO/C(=C(/OCC)c1ccc(C)cc1)c1ccc(C)cc1.CCO/C(=C(/OCC)c1ccc(C)s1)c1ccc(C)s1. The van der Waals surface area contributed by atoms with Gasteiger partial charge in [-0.25, -0.2) is 0 Å². The molecule has 0 bridgehead atoms. The van der Waals surface area contributed by atoms with Gasteiger partial charge in [-0.1, -0.05) is 230 Å². The Morgan fingerprint density at radius 2 is 0.646 bits per heavy atom. The van der Waals surface area contributed by atoms with Crippen molar-refractivity contribution in [3.63, 3.8) is 0 Å². The zero-order valence-electron chi connectivity index (χ0n) is 64.8. The molecule has 2 aromatic carbocycles. The molecule has 1 aliphatic carbocycles. The Labute approximate surface area is 627 Å². The highest BCUT2D eigenvalue weighted by atomic mass is 32.1. The average Bonchev–Trinajstić information content (AvgIpc) is 1.55. The number of hydrogen-bond acceptors (Lipinski definition) is 10. The third-order valence-electron chi connectivity index (χ3n) is 19.2. The molecule has 2 atom stereocenters. The first-order valence-corrected chi connectivity index (χ1v) is 43.5. The van der Waals surface area contributed by atoms with Crippen LogP contribution in [0.1, 0.15) is 294 Å². The molecule has 544 valence electrons. The summed E-state index contributed by atoms with van der Waals surface area (Å²) in [6, 6.07) is 35.2. The molecule has 99 heavy (non-hydrogen) atoms. The van der Waals surface area contributed by atoms with E-state index in [0.29, 0.717) is 31.8 Å². The molecule has 0 saturated carbocycles. The van der Waals surface area contributed by atoms with Gasteiger partial charge in [0, 0.05) is 65.3 Å². The Bertz CT molecular complexity index is 3370. The lowest BCUT2D eigenvalue weighted by Gasteiger charge is -2.31. The lowest BCUT2D eigenvalue weighted by Crippen LogP contribution is -2.25. The van der Waals surface area contributed by atoms with Crippen LogP contribution in [0.15, 0.2) is 97.1 Å². The van der Waals surface area contributed by atoms with Crippen LogP contribution < -0.4 is 0 Å².